The minimum Gasteiger partial charge on any atom is -0.287 e. The third-order valence-electron chi connectivity index (χ3n) is 4.06. The molecule has 4 aliphatic heterocycles. The van der Waals surface area contributed by atoms with Crippen molar-refractivity contribution in [1.82, 2.24) is 0 Å². The lowest BCUT2D eigenvalue weighted by Gasteiger charge is -2.57. The van der Waals surface area contributed by atoms with Crippen molar-refractivity contribution in [3.05, 3.63) is 0 Å². The van der Waals surface area contributed by atoms with Crippen molar-refractivity contribution in [3.8, 4) is 0 Å². The summed E-state index contributed by atoms with van der Waals surface area (Å²) in [4.78, 5) is 3.75. The van der Waals surface area contributed by atoms with Gasteiger partial charge in [-0.2, -0.15) is 0 Å². The summed E-state index contributed by atoms with van der Waals surface area (Å²) in [6.45, 7) is 12.2. The van der Waals surface area contributed by atoms with Gasteiger partial charge in [0.05, 0.1) is 37.0 Å². The van der Waals surface area contributed by atoms with E-state index in [1.807, 2.05) is 9.80 Å². The van der Waals surface area contributed by atoms with Crippen molar-refractivity contribution in [2.45, 2.75) is 20.3 Å². The van der Waals surface area contributed by atoms with Crippen LogP contribution in [0.2, 0.25) is 0 Å². The maximum Gasteiger partial charge on any atom is 0.204 e. The lowest BCUT2D eigenvalue weighted by molar-refractivity contribution is -1.14. The van der Waals surface area contributed by atoms with Gasteiger partial charge in [0.25, 0.3) is 0 Å². The predicted octanol–water partition coefficient (Wildman–Crippen LogP) is -1.84. The Morgan fingerprint density at radius 3 is 1.58 bits per heavy atom. The molecule has 0 saturated carbocycles. The first kappa shape index (κ1) is 7.34. The average Bonchev–Trinajstić information content (AvgIpc) is 1.75. The molecule has 0 radical (unpaired) electrons. The molecule has 4 rings (SSSR count). The van der Waals surface area contributed by atoms with Crippen LogP contribution in [0.15, 0.2) is 0 Å². The molecule has 4 heterocycles. The van der Waals surface area contributed by atoms with Crippen LogP contribution in [0.5, 0.6) is 0 Å². The summed E-state index contributed by atoms with van der Waals surface area (Å²) in [5.74, 6) is 0. The van der Waals surface area contributed by atoms with Crippen LogP contribution < -0.4 is 9.80 Å². The molecule has 0 aromatic heterocycles. The van der Waals surface area contributed by atoms with Gasteiger partial charge in [0.1, 0.15) is 0 Å². The molecule has 0 aromatic carbocycles. The zero-order valence-electron chi connectivity index (χ0n) is 8.24. The number of hydrogen-bond acceptors (Lipinski definition) is 0. The molecule has 0 aliphatic carbocycles. The molecule has 4 fully saturated rings. The number of hydrogen-bond donors (Lipinski definition) is 2. The fraction of sp³-hybridized carbons (Fsp3) is 1.00. The van der Waals surface area contributed by atoms with Crippen LogP contribution in [-0.4, -0.2) is 32.8 Å². The fourth-order valence-corrected chi connectivity index (χ4v) is 4.55. The molecular weight excluding hydrogens is 148 g/mol. The third kappa shape index (κ3) is 0.882. The fourth-order valence-electron chi connectivity index (χ4n) is 4.55. The van der Waals surface area contributed by atoms with Crippen molar-refractivity contribution < 1.29 is 9.80 Å². The van der Waals surface area contributed by atoms with Crippen LogP contribution in [0, 0.1) is 10.8 Å². The summed E-state index contributed by atoms with van der Waals surface area (Å²) in [5.41, 5.74) is 1.38. The van der Waals surface area contributed by atoms with E-state index in [0.29, 0.717) is 10.8 Å². The molecule has 4 bridgehead atoms. The normalized spacial score (nSPS) is 62.5. The van der Waals surface area contributed by atoms with Crippen LogP contribution in [0.1, 0.15) is 20.3 Å². The lowest BCUT2D eigenvalue weighted by atomic mass is 9.64. The predicted molar refractivity (Wildman–Crippen MR) is 47.1 cm³/mol. The zero-order valence-corrected chi connectivity index (χ0v) is 8.24. The second-order valence-corrected chi connectivity index (χ2v) is 6.18. The monoisotopic (exact) mass is 168 g/mol. The Kier molecular flexibility index (Phi) is 1.15. The first-order valence-electron chi connectivity index (χ1n) is 5.24. The van der Waals surface area contributed by atoms with Crippen molar-refractivity contribution in [3.63, 3.8) is 0 Å². The Balaban J connectivity index is 1.98. The summed E-state index contributed by atoms with van der Waals surface area (Å²) in [7, 11) is 0. The minimum absolute atomic E-state index is 0.689. The molecule has 0 spiro atoms. The van der Waals surface area contributed by atoms with Gasteiger partial charge in [0.15, 0.2) is 0 Å². The van der Waals surface area contributed by atoms with Crippen molar-refractivity contribution in [2.24, 2.45) is 10.8 Å². The minimum atomic E-state index is 0.689. The largest absolute Gasteiger partial charge is 0.287 e. The SMILES string of the molecule is CC12C[NH+]3C[NH+](C1)CC(C)(C3)C2. The average molecular weight is 168 g/mol. The maximum absolute atomic E-state index is 2.50. The van der Waals surface area contributed by atoms with Crippen molar-refractivity contribution in [2.75, 3.05) is 32.8 Å². The van der Waals surface area contributed by atoms with E-state index in [2.05, 4.69) is 13.8 Å². The lowest BCUT2D eigenvalue weighted by Crippen LogP contribution is -3.40. The van der Waals surface area contributed by atoms with E-state index in [9.17, 15) is 0 Å². The molecule has 4 aliphatic rings. The van der Waals surface area contributed by atoms with Gasteiger partial charge in [-0.25, -0.2) is 0 Å². The highest BCUT2D eigenvalue weighted by Gasteiger charge is 2.58. The van der Waals surface area contributed by atoms with E-state index in [1.54, 1.807) is 0 Å². The van der Waals surface area contributed by atoms with Crippen LogP contribution >= 0.6 is 0 Å². The van der Waals surface area contributed by atoms with E-state index in [4.69, 9.17) is 0 Å². The van der Waals surface area contributed by atoms with Gasteiger partial charge in [0, 0.05) is 0 Å². The summed E-state index contributed by atoms with van der Waals surface area (Å²) < 4.78 is 0. The first-order chi connectivity index (χ1) is 5.57. The smallest absolute Gasteiger partial charge is 0.204 e. The second kappa shape index (κ2) is 1.88. The van der Waals surface area contributed by atoms with Crippen molar-refractivity contribution in [1.29, 1.82) is 0 Å². The Hall–Kier alpha value is -0.0800. The molecule has 68 valence electrons. The molecule has 2 N–H and O–H groups in total. The van der Waals surface area contributed by atoms with Gasteiger partial charge in [-0.05, 0) is 20.3 Å². The maximum atomic E-state index is 2.50. The van der Waals surface area contributed by atoms with Crippen LogP contribution in [0.25, 0.3) is 0 Å². The van der Waals surface area contributed by atoms with E-state index in [1.165, 1.54) is 39.3 Å². The number of piperidine rings is 2. The molecule has 4 saturated heterocycles. The molecule has 0 unspecified atom stereocenters. The van der Waals surface area contributed by atoms with Gasteiger partial charge in [-0.3, -0.25) is 9.80 Å². The Labute approximate surface area is 74.5 Å². The van der Waals surface area contributed by atoms with Gasteiger partial charge < -0.3 is 0 Å². The number of quaternary nitrogens is 2. The quantitative estimate of drug-likeness (QED) is 0.420. The van der Waals surface area contributed by atoms with Crippen LogP contribution in [0.3, 0.4) is 0 Å². The summed E-state index contributed by atoms with van der Waals surface area (Å²) in [6.07, 6.45) is 1.49. The number of rotatable bonds is 0. The zero-order chi connectivity index (χ0) is 8.40. The second-order valence-electron chi connectivity index (χ2n) is 6.18. The van der Waals surface area contributed by atoms with Crippen molar-refractivity contribution >= 4 is 0 Å². The van der Waals surface area contributed by atoms with Gasteiger partial charge in [-0.15, -0.1) is 0 Å². The van der Waals surface area contributed by atoms with Gasteiger partial charge >= 0.3 is 0 Å². The molecular formula is C10H20N2+2. The van der Waals surface area contributed by atoms with Gasteiger partial charge in [-0.1, -0.05) is 0 Å². The van der Waals surface area contributed by atoms with Crippen LogP contribution in [-0.2, 0) is 0 Å². The highest BCUT2D eigenvalue weighted by molar-refractivity contribution is 4.91. The molecule has 0 amide bonds. The highest BCUT2D eigenvalue weighted by Crippen LogP contribution is 2.36. The topological polar surface area (TPSA) is 8.88 Å². The van der Waals surface area contributed by atoms with E-state index < -0.39 is 0 Å². The Morgan fingerprint density at radius 2 is 1.25 bits per heavy atom. The summed E-state index contributed by atoms with van der Waals surface area (Å²) in [6, 6.07) is 0. The molecule has 0 aromatic rings. The molecule has 0 atom stereocenters. The molecule has 2 nitrogen and oxygen atoms in total. The first-order valence-corrected chi connectivity index (χ1v) is 5.24. The Morgan fingerprint density at radius 1 is 0.833 bits per heavy atom. The summed E-state index contributed by atoms with van der Waals surface area (Å²) in [5, 5.41) is 0. The third-order valence-corrected chi connectivity index (χ3v) is 4.06. The highest BCUT2D eigenvalue weighted by atomic mass is 15.4. The van der Waals surface area contributed by atoms with E-state index in [0.717, 1.165) is 0 Å². The van der Waals surface area contributed by atoms with E-state index >= 15 is 0 Å². The van der Waals surface area contributed by atoms with Gasteiger partial charge in [0.2, 0.25) is 6.67 Å². The Bertz CT molecular complexity index is 190. The number of nitrogens with one attached hydrogen (secondary N) is 2. The van der Waals surface area contributed by atoms with Crippen LogP contribution in [0.4, 0.5) is 0 Å². The summed E-state index contributed by atoms with van der Waals surface area (Å²) >= 11 is 0. The standard InChI is InChI=1S/C10H18N2/c1-9-3-10(2)6-11(4-9)8-12(5-9)7-10/h3-8H2,1-2H3/p+2. The molecule has 12 heavy (non-hydrogen) atoms. The molecule has 2 heteroatoms. The van der Waals surface area contributed by atoms with E-state index in [-0.39, 0.29) is 0 Å².